The lowest BCUT2D eigenvalue weighted by molar-refractivity contribution is -0.00527. The molecule has 2 aliphatic heterocycles. The van der Waals surface area contributed by atoms with Gasteiger partial charge < -0.3 is 13.9 Å². The van der Waals surface area contributed by atoms with Gasteiger partial charge >= 0.3 is 6.85 Å². The number of aromatic nitrogens is 2. The first-order chi connectivity index (χ1) is 34.8. The van der Waals surface area contributed by atoms with E-state index in [1.54, 1.807) is 11.1 Å². The van der Waals surface area contributed by atoms with Gasteiger partial charge in [-0.05, 0) is 223 Å². The second-order valence-corrected chi connectivity index (χ2v) is 25.7. The molecular formula is C67H60BN3. The van der Waals surface area contributed by atoms with Gasteiger partial charge in [0, 0.05) is 66.5 Å². The minimum absolute atomic E-state index is 0.0313. The molecule has 71 heavy (non-hydrogen) atoms. The zero-order valence-corrected chi connectivity index (χ0v) is 41.2. The molecule has 8 fully saturated rings. The molecule has 4 heteroatoms. The summed E-state index contributed by atoms with van der Waals surface area (Å²) in [5.74, 6) is 5.39. The van der Waals surface area contributed by atoms with Crippen LogP contribution in [0.2, 0.25) is 0 Å². The Hall–Kier alpha value is -6.26. The first-order valence-electron chi connectivity index (χ1n) is 27.8. The fraction of sp³-hybridized carbons (Fsp3) is 0.343. The maximum absolute atomic E-state index is 2.89. The van der Waals surface area contributed by atoms with Crippen LogP contribution >= 0.6 is 0 Å². The minimum atomic E-state index is -0.147. The molecule has 3 nitrogen and oxygen atoms in total. The summed E-state index contributed by atoms with van der Waals surface area (Å²) < 4.78 is 5.66. The lowest BCUT2D eigenvalue weighted by Crippen LogP contribution is -2.55. The first-order valence-corrected chi connectivity index (χ1v) is 27.8. The highest BCUT2D eigenvalue weighted by atomic mass is 15.1. The SMILES string of the molecule is CC1(C)c2ccccc2-c2c1c1cccc3c1n2-c1cc(N(c2ccccc2)c2ccccc2)cc2c1B3n1c3ccc(C45CC6CC(CC(C6)C4)C5)cc3c3cc(C45CC6CC(CC(C6)C4)C5)cc-2c31. The van der Waals surface area contributed by atoms with Crippen LogP contribution < -0.4 is 15.8 Å². The molecule has 0 N–H and O–H groups in total. The highest BCUT2D eigenvalue weighted by Gasteiger charge is 2.54. The van der Waals surface area contributed by atoms with E-state index in [-0.39, 0.29) is 17.7 Å². The Morgan fingerprint density at radius 2 is 1.07 bits per heavy atom. The Morgan fingerprint density at radius 1 is 0.479 bits per heavy atom. The fourth-order valence-corrected chi connectivity index (χ4v) is 19.8. The maximum atomic E-state index is 2.89. The highest BCUT2D eigenvalue weighted by Crippen LogP contribution is 2.64. The summed E-state index contributed by atoms with van der Waals surface area (Å²) in [6.45, 7) is 4.98. The first kappa shape index (κ1) is 39.4. The second kappa shape index (κ2) is 13.2. The van der Waals surface area contributed by atoms with Crippen LogP contribution in [0.25, 0.3) is 60.8 Å². The molecule has 0 spiro atoms. The van der Waals surface area contributed by atoms with Crippen molar-refractivity contribution in [3.63, 3.8) is 0 Å². The largest absolute Gasteiger partial charge is 0.375 e. The van der Waals surface area contributed by atoms with Gasteiger partial charge in [-0.3, -0.25) is 0 Å². The number of anilines is 3. The molecule has 0 unspecified atom stereocenters. The van der Waals surface area contributed by atoms with E-state index >= 15 is 0 Å². The molecule has 4 heterocycles. The smallest absolute Gasteiger partial charge is 0.333 e. The lowest BCUT2D eigenvalue weighted by atomic mass is 9.45. The van der Waals surface area contributed by atoms with Crippen molar-refractivity contribution in [2.75, 3.05) is 4.90 Å². The van der Waals surface area contributed by atoms with Crippen LogP contribution in [0.15, 0.2) is 146 Å². The molecule has 0 saturated heterocycles. The van der Waals surface area contributed by atoms with E-state index in [1.807, 2.05) is 0 Å². The van der Waals surface area contributed by atoms with Crippen molar-refractivity contribution >= 4 is 67.5 Å². The predicted molar refractivity (Wildman–Crippen MR) is 294 cm³/mol. The van der Waals surface area contributed by atoms with E-state index < -0.39 is 0 Å². The molecule has 0 amide bonds. The van der Waals surface area contributed by atoms with Gasteiger partial charge in [0.15, 0.2) is 0 Å². The van der Waals surface area contributed by atoms with Crippen LogP contribution in [0.5, 0.6) is 0 Å². The van der Waals surface area contributed by atoms with Crippen molar-refractivity contribution < 1.29 is 0 Å². The normalized spacial score (nSPS) is 29.1. The predicted octanol–water partition coefficient (Wildman–Crippen LogP) is 15.4. The number of fused-ring (bicyclic) bond motifs is 12. The van der Waals surface area contributed by atoms with E-state index in [4.69, 9.17) is 0 Å². The molecule has 8 saturated carbocycles. The quantitative estimate of drug-likeness (QED) is 0.157. The molecule has 11 aliphatic rings. The minimum Gasteiger partial charge on any atom is -0.375 e. The van der Waals surface area contributed by atoms with Crippen LogP contribution in [-0.2, 0) is 16.2 Å². The average molecular weight is 918 g/mol. The summed E-state index contributed by atoms with van der Waals surface area (Å²) in [6, 6.07) is 57.9. The summed E-state index contributed by atoms with van der Waals surface area (Å²) in [5, 5.41) is 4.43. The third kappa shape index (κ3) is 4.94. The maximum Gasteiger partial charge on any atom is 0.333 e. The second-order valence-electron chi connectivity index (χ2n) is 25.7. The molecule has 2 aromatic heterocycles. The highest BCUT2D eigenvalue weighted by molar-refractivity contribution is 6.90. The fourth-order valence-electron chi connectivity index (χ4n) is 19.8. The molecule has 9 aromatic rings. The van der Waals surface area contributed by atoms with Gasteiger partial charge in [-0.1, -0.05) is 98.8 Å². The Balaban J connectivity index is 0.987. The number of rotatable bonds is 5. The van der Waals surface area contributed by atoms with Crippen molar-refractivity contribution in [2.24, 2.45) is 35.5 Å². The number of hydrogen-bond acceptors (Lipinski definition) is 1. The van der Waals surface area contributed by atoms with Gasteiger partial charge in [0.2, 0.25) is 0 Å². The van der Waals surface area contributed by atoms with Crippen molar-refractivity contribution in [2.45, 2.75) is 107 Å². The molecule has 7 aromatic carbocycles. The molecule has 9 aliphatic carbocycles. The Bertz CT molecular complexity index is 3720. The Labute approximate surface area is 418 Å². The molecule has 346 valence electrons. The van der Waals surface area contributed by atoms with Gasteiger partial charge in [-0.25, -0.2) is 0 Å². The van der Waals surface area contributed by atoms with Gasteiger partial charge in [0.1, 0.15) is 0 Å². The number of nitrogens with zero attached hydrogens (tertiary/aromatic N) is 3. The summed E-state index contributed by atoms with van der Waals surface area (Å²) in [4.78, 5) is 2.53. The third-order valence-corrected chi connectivity index (χ3v) is 21.5. The van der Waals surface area contributed by atoms with Crippen molar-refractivity contribution in [3.8, 4) is 28.1 Å². The molecule has 0 atom stereocenters. The Kier molecular flexibility index (Phi) is 7.33. The Morgan fingerprint density at radius 3 is 1.72 bits per heavy atom. The van der Waals surface area contributed by atoms with Crippen LogP contribution in [0.1, 0.15) is 113 Å². The van der Waals surface area contributed by atoms with Gasteiger partial charge in [0.05, 0.1) is 11.2 Å². The van der Waals surface area contributed by atoms with Crippen LogP contribution in [0.4, 0.5) is 17.1 Å². The summed E-state index contributed by atoms with van der Waals surface area (Å²) >= 11 is 0. The van der Waals surface area contributed by atoms with E-state index in [0.29, 0.717) is 5.41 Å². The zero-order chi connectivity index (χ0) is 46.3. The monoisotopic (exact) mass is 917 g/mol. The van der Waals surface area contributed by atoms with Gasteiger partial charge in [-0.15, -0.1) is 0 Å². The molecule has 0 radical (unpaired) electrons. The van der Waals surface area contributed by atoms with Crippen LogP contribution in [0.3, 0.4) is 0 Å². The summed E-state index contributed by atoms with van der Waals surface area (Å²) in [6.07, 6.45) is 17.1. The topological polar surface area (TPSA) is 13.1 Å². The van der Waals surface area contributed by atoms with Crippen molar-refractivity contribution in [1.82, 2.24) is 9.05 Å². The molecular weight excluding hydrogens is 858 g/mol. The standard InChI is InChI=1S/C67H60BN3/c1-65(2)56-18-10-9-16-50(56)64-60(65)51-17-11-19-57-63(51)70(64)59-32-49(69(47-12-5-3-6-13-47)48-14-7-4-8-15-48)31-53-55-30-46(67-36-42-25-43(37-67)27-44(26-42)38-67)29-54-52-28-45(20-21-58(52)71(62(54)55)68(57)61(53)59)66-33-39-22-40(34-66)24-41(23-39)35-66/h3-21,28-32,39-44H,22-27,33-38H2,1-2H3. The third-order valence-electron chi connectivity index (χ3n) is 21.5. The molecule has 8 bridgehead atoms. The van der Waals surface area contributed by atoms with Gasteiger partial charge in [-0.2, -0.15) is 0 Å². The van der Waals surface area contributed by atoms with Crippen LogP contribution in [0, 0.1) is 35.5 Å². The van der Waals surface area contributed by atoms with Crippen LogP contribution in [-0.4, -0.2) is 15.9 Å². The molecule has 20 rings (SSSR count). The van der Waals surface area contributed by atoms with E-state index in [2.05, 4.69) is 173 Å². The summed E-state index contributed by atoms with van der Waals surface area (Å²) in [7, 11) is 0. The number of para-hydroxylation sites is 3. The average Bonchev–Trinajstić information content (AvgIpc) is 4.00. The van der Waals surface area contributed by atoms with E-state index in [9.17, 15) is 0 Å². The number of hydrogen-bond donors (Lipinski definition) is 0. The van der Waals surface area contributed by atoms with Gasteiger partial charge in [0.25, 0.3) is 0 Å². The van der Waals surface area contributed by atoms with Crippen molar-refractivity contribution in [3.05, 3.63) is 168 Å². The van der Waals surface area contributed by atoms with E-state index in [0.717, 1.165) is 35.5 Å². The zero-order valence-electron chi connectivity index (χ0n) is 41.2. The summed E-state index contributed by atoms with van der Waals surface area (Å²) in [5.41, 5.74) is 24.4. The van der Waals surface area contributed by atoms with Crippen molar-refractivity contribution in [1.29, 1.82) is 0 Å². The lowest BCUT2D eigenvalue weighted by Gasteiger charge is -2.57. The number of benzene rings is 7. The van der Waals surface area contributed by atoms with E-state index in [1.165, 1.54) is 177 Å².